The minimum atomic E-state index is -1.16. The van der Waals surface area contributed by atoms with Crippen molar-refractivity contribution >= 4 is 24.9 Å². The highest BCUT2D eigenvalue weighted by Crippen LogP contribution is 2.36. The van der Waals surface area contributed by atoms with Crippen LogP contribution in [0.4, 0.5) is 5.82 Å². The predicted molar refractivity (Wildman–Crippen MR) is 162 cm³/mol. The van der Waals surface area contributed by atoms with Gasteiger partial charge in [0.1, 0.15) is 36.2 Å². The van der Waals surface area contributed by atoms with E-state index >= 15 is 0 Å². The third-order valence-corrected chi connectivity index (χ3v) is 9.60. The molecule has 2 unspecified atom stereocenters. The number of ether oxygens (including phenoxy) is 1. The smallest absolute Gasteiger partial charge is 0.146 e. The van der Waals surface area contributed by atoms with Crippen LogP contribution in [0.15, 0.2) is 43.2 Å². The van der Waals surface area contributed by atoms with Crippen LogP contribution in [0.2, 0.25) is 25.7 Å². The summed E-state index contributed by atoms with van der Waals surface area (Å²) in [6.07, 6.45) is 9.29. The molecule has 0 amide bonds. The first-order chi connectivity index (χ1) is 20.2. The first-order valence-electron chi connectivity index (χ1n) is 14.3. The summed E-state index contributed by atoms with van der Waals surface area (Å²) in [5, 5.41) is 35.3. The second-order valence-electron chi connectivity index (χ2n) is 12.1. The van der Waals surface area contributed by atoms with Crippen molar-refractivity contribution in [2.24, 2.45) is 5.92 Å². The molecule has 5 heterocycles. The molecule has 0 spiro atoms. The molecule has 4 aromatic rings. The van der Waals surface area contributed by atoms with Crippen LogP contribution in [-0.4, -0.2) is 62.2 Å². The highest BCUT2D eigenvalue weighted by molar-refractivity contribution is 6.76. The Hall–Kier alpha value is -4.10. The molecule has 0 saturated carbocycles. The van der Waals surface area contributed by atoms with Gasteiger partial charge in [0.2, 0.25) is 0 Å². The highest BCUT2D eigenvalue weighted by Gasteiger charge is 2.33. The summed E-state index contributed by atoms with van der Waals surface area (Å²) in [4.78, 5) is 15.7. The van der Waals surface area contributed by atoms with Crippen molar-refractivity contribution in [2.75, 3.05) is 24.6 Å². The Morgan fingerprint density at radius 3 is 2.76 bits per heavy atom. The molecule has 42 heavy (non-hydrogen) atoms. The van der Waals surface area contributed by atoms with Gasteiger partial charge in [0.15, 0.2) is 0 Å². The minimum absolute atomic E-state index is 0.126. The Morgan fingerprint density at radius 1 is 1.19 bits per heavy atom. The van der Waals surface area contributed by atoms with Crippen molar-refractivity contribution in [2.45, 2.75) is 64.3 Å². The van der Waals surface area contributed by atoms with E-state index in [1.165, 1.54) is 0 Å². The maximum Gasteiger partial charge on any atom is 0.146 e. The molecular weight excluding hydrogens is 546 g/mol. The molecule has 218 valence electrons. The summed E-state index contributed by atoms with van der Waals surface area (Å²) in [6.45, 7) is 11.2. The van der Waals surface area contributed by atoms with E-state index in [1.807, 2.05) is 27.7 Å². The number of nitrogens with zero attached hydrogens (tertiary/aromatic N) is 9. The molecule has 5 rings (SSSR count). The third kappa shape index (κ3) is 6.21. The lowest BCUT2D eigenvalue weighted by molar-refractivity contribution is 0.0899. The molecule has 1 saturated heterocycles. The minimum Gasteiger partial charge on any atom is -0.389 e. The molecule has 0 aromatic carbocycles. The first-order valence-corrected chi connectivity index (χ1v) is 18.0. The number of hydrogen-bond donors (Lipinski definition) is 1. The zero-order chi connectivity index (χ0) is 29.9. The van der Waals surface area contributed by atoms with Crippen molar-refractivity contribution in [1.29, 1.82) is 10.5 Å². The summed E-state index contributed by atoms with van der Waals surface area (Å²) >= 11 is 0. The molecule has 1 aliphatic heterocycles. The van der Waals surface area contributed by atoms with Gasteiger partial charge in [0.05, 0.1) is 36.5 Å². The van der Waals surface area contributed by atoms with E-state index in [0.29, 0.717) is 43.2 Å². The van der Waals surface area contributed by atoms with Gasteiger partial charge in [-0.15, -0.1) is 0 Å². The number of rotatable bonds is 11. The molecule has 11 nitrogen and oxygen atoms in total. The zero-order valence-corrected chi connectivity index (χ0v) is 25.6. The number of anilines is 1. The lowest BCUT2D eigenvalue weighted by atomic mass is 9.96. The normalized spacial score (nSPS) is 16.8. The number of nitriles is 2. The van der Waals surface area contributed by atoms with E-state index in [-0.39, 0.29) is 12.0 Å². The van der Waals surface area contributed by atoms with Gasteiger partial charge in [0.25, 0.3) is 0 Å². The molecule has 0 aliphatic carbocycles. The predicted octanol–water partition coefficient (Wildman–Crippen LogP) is 4.91. The van der Waals surface area contributed by atoms with Crippen LogP contribution < -0.4 is 4.90 Å². The lowest BCUT2D eigenvalue weighted by Gasteiger charge is -2.24. The fourth-order valence-electron chi connectivity index (χ4n) is 5.55. The topological polar surface area (TPSA) is 142 Å². The van der Waals surface area contributed by atoms with E-state index < -0.39 is 14.2 Å². The highest BCUT2D eigenvalue weighted by atomic mass is 28.3. The fraction of sp³-hybridized carbons (Fsp3) is 0.467. The summed E-state index contributed by atoms with van der Waals surface area (Å²) in [7, 11) is -1.16. The largest absolute Gasteiger partial charge is 0.389 e. The summed E-state index contributed by atoms with van der Waals surface area (Å²) in [6, 6.07) is 9.21. The molecule has 0 bridgehead atoms. The molecule has 3 atom stereocenters. The van der Waals surface area contributed by atoms with Gasteiger partial charge in [0, 0.05) is 68.8 Å². The van der Waals surface area contributed by atoms with Gasteiger partial charge < -0.3 is 19.3 Å². The Balaban J connectivity index is 1.34. The number of aliphatic hydroxyl groups excluding tert-OH is 1. The Morgan fingerprint density at radius 2 is 2.02 bits per heavy atom. The van der Waals surface area contributed by atoms with Crippen LogP contribution in [0, 0.1) is 28.6 Å². The number of pyridine rings is 1. The summed E-state index contributed by atoms with van der Waals surface area (Å²) in [5.74, 6) is 0.702. The number of aliphatic hydroxyl groups is 1. The molecule has 1 N–H and O–H groups in total. The van der Waals surface area contributed by atoms with Crippen LogP contribution in [0.3, 0.4) is 0 Å². The zero-order valence-electron chi connectivity index (χ0n) is 24.6. The average molecular weight is 584 g/mol. The van der Waals surface area contributed by atoms with Gasteiger partial charge in [-0.25, -0.2) is 15.0 Å². The molecule has 12 heteroatoms. The van der Waals surface area contributed by atoms with Gasteiger partial charge in [-0.1, -0.05) is 19.6 Å². The maximum absolute atomic E-state index is 10.1. The number of fused-ring (bicyclic) bond motifs is 1. The van der Waals surface area contributed by atoms with E-state index in [0.717, 1.165) is 41.4 Å². The summed E-state index contributed by atoms with van der Waals surface area (Å²) < 4.78 is 9.83. The average Bonchev–Trinajstić information content (AvgIpc) is 3.73. The van der Waals surface area contributed by atoms with Gasteiger partial charge in [-0.05, 0) is 31.5 Å². The Kier molecular flexibility index (Phi) is 8.68. The van der Waals surface area contributed by atoms with Gasteiger partial charge in [-0.3, -0.25) is 4.68 Å². The molecule has 1 fully saturated rings. The SMILES string of the molecule is CC(O)c1ccnc(N2CCC([C@H](CC#N)n3cc(-c4ncnc5c4ccn5COCC[Si](C)(C)C)cn3)C2)c1C#N. The van der Waals surface area contributed by atoms with Crippen molar-refractivity contribution in [1.82, 2.24) is 29.3 Å². The van der Waals surface area contributed by atoms with Crippen molar-refractivity contribution in [3.8, 4) is 23.4 Å². The molecule has 1 aliphatic rings. The Labute approximate surface area is 247 Å². The standard InChI is InChI=1S/C30H37N9O2Si/c1-21(40)24-6-10-33-30(26(24)15-32)37-11-7-22(17-37)27(5-9-31)39-18-23(16-36-39)28-25-8-12-38(29(25)35-19-34-28)20-41-13-14-42(2,3)4/h6,8,10,12,16,18-19,21-22,27,40H,5,7,11,13-14,17,20H2,1-4H3/t21?,22?,27-/m0/s1. The summed E-state index contributed by atoms with van der Waals surface area (Å²) in [5.41, 5.74) is 3.41. The van der Waals surface area contributed by atoms with Crippen molar-refractivity contribution in [3.05, 3.63) is 54.4 Å². The Bertz CT molecular complexity index is 1630. The second-order valence-corrected chi connectivity index (χ2v) is 17.7. The lowest BCUT2D eigenvalue weighted by Crippen LogP contribution is -2.26. The van der Waals surface area contributed by atoms with Crippen LogP contribution >= 0.6 is 0 Å². The van der Waals surface area contributed by atoms with Crippen molar-refractivity contribution < 1.29 is 9.84 Å². The quantitative estimate of drug-likeness (QED) is 0.192. The second kappa shape index (κ2) is 12.4. The van der Waals surface area contributed by atoms with E-state index in [2.05, 4.69) is 56.7 Å². The van der Waals surface area contributed by atoms with Crippen LogP contribution in [-0.2, 0) is 11.5 Å². The molecule has 0 radical (unpaired) electrons. The fourth-order valence-corrected chi connectivity index (χ4v) is 6.31. The monoisotopic (exact) mass is 583 g/mol. The maximum atomic E-state index is 10.1. The molecular formula is C30H37N9O2Si. The van der Waals surface area contributed by atoms with Crippen LogP contribution in [0.25, 0.3) is 22.3 Å². The van der Waals surface area contributed by atoms with E-state index in [4.69, 9.17) is 4.74 Å². The number of aromatic nitrogens is 6. The third-order valence-electron chi connectivity index (χ3n) is 7.89. The van der Waals surface area contributed by atoms with Crippen molar-refractivity contribution in [3.63, 3.8) is 0 Å². The van der Waals surface area contributed by atoms with Gasteiger partial charge in [-0.2, -0.15) is 15.6 Å². The van der Waals surface area contributed by atoms with E-state index in [9.17, 15) is 15.6 Å². The van der Waals surface area contributed by atoms with Gasteiger partial charge >= 0.3 is 0 Å². The first kappa shape index (κ1) is 29.4. The molecule has 4 aromatic heterocycles. The van der Waals surface area contributed by atoms with E-state index in [1.54, 1.807) is 31.7 Å². The number of hydrogen-bond acceptors (Lipinski definition) is 9. The van der Waals surface area contributed by atoms with Crippen LogP contribution in [0.5, 0.6) is 0 Å². The van der Waals surface area contributed by atoms with Crippen LogP contribution in [0.1, 0.15) is 43.0 Å².